The summed E-state index contributed by atoms with van der Waals surface area (Å²) < 4.78 is 5.72. The van der Waals surface area contributed by atoms with Gasteiger partial charge in [0.05, 0.1) is 0 Å². The van der Waals surface area contributed by atoms with Crippen LogP contribution in [0.1, 0.15) is 50.3 Å². The smallest absolute Gasteiger partial charge is 0.246 e. The molecule has 0 radical (unpaired) electrons. The van der Waals surface area contributed by atoms with Crippen molar-refractivity contribution in [3.63, 3.8) is 0 Å². The third-order valence-corrected chi connectivity index (χ3v) is 4.40. The monoisotopic (exact) mass is 313 g/mol. The molecular formula is C17H19N3O3. The summed E-state index contributed by atoms with van der Waals surface area (Å²) in [6.45, 7) is 0. The van der Waals surface area contributed by atoms with E-state index in [0.29, 0.717) is 24.4 Å². The number of carbonyl (C=O) groups is 2. The van der Waals surface area contributed by atoms with Gasteiger partial charge in [-0.25, -0.2) is 4.98 Å². The normalized spacial score (nSPS) is 21.7. The molecule has 0 spiro atoms. The molecule has 1 atom stereocenters. The fraction of sp³-hybridized carbons (Fsp3) is 0.471. The van der Waals surface area contributed by atoms with Crippen LogP contribution in [0.3, 0.4) is 0 Å². The van der Waals surface area contributed by atoms with Gasteiger partial charge in [-0.2, -0.15) is 0 Å². The maximum absolute atomic E-state index is 12.4. The van der Waals surface area contributed by atoms with E-state index in [-0.39, 0.29) is 11.8 Å². The second kappa shape index (κ2) is 5.68. The fourth-order valence-corrected chi connectivity index (χ4v) is 2.93. The van der Waals surface area contributed by atoms with Crippen molar-refractivity contribution in [3.8, 4) is 0 Å². The van der Waals surface area contributed by atoms with Crippen molar-refractivity contribution in [2.75, 3.05) is 5.32 Å². The number of rotatable bonds is 3. The van der Waals surface area contributed by atoms with Crippen LogP contribution in [0.2, 0.25) is 0 Å². The average molecular weight is 313 g/mol. The van der Waals surface area contributed by atoms with E-state index in [9.17, 15) is 9.59 Å². The van der Waals surface area contributed by atoms with Crippen LogP contribution in [-0.4, -0.2) is 22.8 Å². The third-order valence-electron chi connectivity index (χ3n) is 4.40. The molecule has 1 saturated carbocycles. The summed E-state index contributed by atoms with van der Waals surface area (Å²) in [7, 11) is 0. The second-order valence-electron chi connectivity index (χ2n) is 6.36. The number of oxazole rings is 1. The maximum atomic E-state index is 12.4. The molecule has 6 nitrogen and oxygen atoms in total. The molecule has 6 heteroatoms. The Morgan fingerprint density at radius 1 is 1.26 bits per heavy atom. The first-order valence-corrected chi connectivity index (χ1v) is 8.20. The Kier molecular flexibility index (Phi) is 3.52. The summed E-state index contributed by atoms with van der Waals surface area (Å²) in [4.78, 5) is 28.4. The average Bonchev–Trinajstić information content (AvgIpc) is 3.32. The second-order valence-corrected chi connectivity index (χ2v) is 6.36. The van der Waals surface area contributed by atoms with Gasteiger partial charge in [-0.05, 0) is 43.9 Å². The molecule has 1 aromatic heterocycles. The largest absolute Gasteiger partial charge is 0.440 e. The zero-order valence-corrected chi connectivity index (χ0v) is 12.8. The predicted molar refractivity (Wildman–Crippen MR) is 85.0 cm³/mol. The number of hydrogen-bond donors (Lipinski definition) is 2. The molecule has 1 saturated heterocycles. The summed E-state index contributed by atoms with van der Waals surface area (Å²) in [5, 5.41) is 5.65. The molecule has 2 amide bonds. The van der Waals surface area contributed by atoms with Crippen LogP contribution < -0.4 is 10.6 Å². The number of benzene rings is 1. The van der Waals surface area contributed by atoms with E-state index in [1.807, 2.05) is 12.1 Å². The van der Waals surface area contributed by atoms with Crippen LogP contribution in [0.5, 0.6) is 0 Å². The van der Waals surface area contributed by atoms with E-state index < -0.39 is 6.04 Å². The Bertz CT molecular complexity index is 764. The molecule has 23 heavy (non-hydrogen) atoms. The highest BCUT2D eigenvalue weighted by molar-refractivity contribution is 5.98. The van der Waals surface area contributed by atoms with Crippen molar-refractivity contribution in [2.24, 2.45) is 0 Å². The van der Waals surface area contributed by atoms with Gasteiger partial charge in [0.1, 0.15) is 11.6 Å². The highest BCUT2D eigenvalue weighted by Gasteiger charge is 2.29. The van der Waals surface area contributed by atoms with Gasteiger partial charge in [-0.15, -0.1) is 0 Å². The Balaban J connectivity index is 1.49. The molecule has 4 rings (SSSR count). The Hall–Kier alpha value is -2.37. The minimum atomic E-state index is -0.458. The number of hydrogen-bond acceptors (Lipinski definition) is 4. The SMILES string of the molecule is O=C1CCCCC(C(=O)Nc2ccc3oc(C4CC4)nc3c2)N1. The lowest BCUT2D eigenvalue weighted by atomic mass is 10.1. The maximum Gasteiger partial charge on any atom is 0.246 e. The topological polar surface area (TPSA) is 84.2 Å². The van der Waals surface area contributed by atoms with Gasteiger partial charge < -0.3 is 15.1 Å². The highest BCUT2D eigenvalue weighted by Crippen LogP contribution is 2.40. The molecule has 1 aliphatic heterocycles. The van der Waals surface area contributed by atoms with Gasteiger partial charge in [0.2, 0.25) is 11.8 Å². The van der Waals surface area contributed by atoms with Crippen molar-refractivity contribution < 1.29 is 14.0 Å². The van der Waals surface area contributed by atoms with Gasteiger partial charge in [0, 0.05) is 18.0 Å². The standard InChI is InChI=1S/C17H19N3O3/c21-15-4-2-1-3-12(19-15)16(22)18-11-7-8-14-13(9-11)20-17(23-14)10-5-6-10/h7-10,12H,1-6H2,(H,18,22)(H,19,21). The number of aromatic nitrogens is 1. The van der Waals surface area contributed by atoms with Crippen LogP contribution in [0.25, 0.3) is 11.1 Å². The molecule has 1 unspecified atom stereocenters. The fourth-order valence-electron chi connectivity index (χ4n) is 2.93. The Morgan fingerprint density at radius 3 is 2.96 bits per heavy atom. The zero-order chi connectivity index (χ0) is 15.8. The minimum absolute atomic E-state index is 0.0521. The predicted octanol–water partition coefficient (Wildman–Crippen LogP) is 2.70. The van der Waals surface area contributed by atoms with Crippen LogP contribution in [0.4, 0.5) is 5.69 Å². The summed E-state index contributed by atoms with van der Waals surface area (Å²) in [6.07, 6.45) is 5.16. The number of carbonyl (C=O) groups excluding carboxylic acids is 2. The van der Waals surface area contributed by atoms with Crippen LogP contribution in [0, 0.1) is 0 Å². The first-order valence-electron chi connectivity index (χ1n) is 8.20. The van der Waals surface area contributed by atoms with Gasteiger partial charge >= 0.3 is 0 Å². The van der Waals surface area contributed by atoms with Gasteiger partial charge in [0.25, 0.3) is 0 Å². The van der Waals surface area contributed by atoms with E-state index >= 15 is 0 Å². The van der Waals surface area contributed by atoms with Gasteiger partial charge in [-0.3, -0.25) is 9.59 Å². The molecule has 2 N–H and O–H groups in total. The quantitative estimate of drug-likeness (QED) is 0.912. The number of amides is 2. The highest BCUT2D eigenvalue weighted by atomic mass is 16.3. The zero-order valence-electron chi connectivity index (χ0n) is 12.8. The summed E-state index contributed by atoms with van der Waals surface area (Å²) in [5.41, 5.74) is 2.18. The molecule has 2 aliphatic rings. The number of fused-ring (bicyclic) bond motifs is 1. The molecule has 2 fully saturated rings. The molecular weight excluding hydrogens is 294 g/mol. The van der Waals surface area contributed by atoms with Gasteiger partial charge in [-0.1, -0.05) is 6.42 Å². The van der Waals surface area contributed by atoms with E-state index in [1.165, 1.54) is 0 Å². The first kappa shape index (κ1) is 14.2. The third kappa shape index (κ3) is 3.06. The molecule has 2 aromatic rings. The van der Waals surface area contributed by atoms with E-state index in [0.717, 1.165) is 42.7 Å². The molecule has 120 valence electrons. The van der Waals surface area contributed by atoms with Crippen LogP contribution in [-0.2, 0) is 9.59 Å². The van der Waals surface area contributed by atoms with Gasteiger partial charge in [0.15, 0.2) is 11.5 Å². The van der Waals surface area contributed by atoms with E-state index in [4.69, 9.17) is 4.42 Å². The lowest BCUT2D eigenvalue weighted by molar-refractivity contribution is -0.125. The summed E-state index contributed by atoms with van der Waals surface area (Å²) in [6, 6.07) is 5.00. The van der Waals surface area contributed by atoms with Crippen molar-refractivity contribution in [1.82, 2.24) is 10.3 Å². The molecule has 0 bridgehead atoms. The van der Waals surface area contributed by atoms with Crippen molar-refractivity contribution in [2.45, 2.75) is 50.5 Å². The van der Waals surface area contributed by atoms with Crippen molar-refractivity contribution >= 4 is 28.6 Å². The van der Waals surface area contributed by atoms with Crippen molar-refractivity contribution in [3.05, 3.63) is 24.1 Å². The van der Waals surface area contributed by atoms with E-state index in [1.54, 1.807) is 6.07 Å². The number of nitrogens with zero attached hydrogens (tertiary/aromatic N) is 1. The molecule has 2 heterocycles. The van der Waals surface area contributed by atoms with Crippen LogP contribution in [0.15, 0.2) is 22.6 Å². The first-order chi connectivity index (χ1) is 11.2. The molecule has 1 aliphatic carbocycles. The Labute approximate surface area is 133 Å². The lowest BCUT2D eigenvalue weighted by Crippen LogP contribution is -2.42. The summed E-state index contributed by atoms with van der Waals surface area (Å²) in [5.74, 6) is 1.02. The number of nitrogens with one attached hydrogen (secondary N) is 2. The van der Waals surface area contributed by atoms with Crippen molar-refractivity contribution in [1.29, 1.82) is 0 Å². The minimum Gasteiger partial charge on any atom is -0.440 e. The summed E-state index contributed by atoms with van der Waals surface area (Å²) >= 11 is 0. The number of anilines is 1. The lowest BCUT2D eigenvalue weighted by Gasteiger charge is -2.15. The van der Waals surface area contributed by atoms with E-state index in [2.05, 4.69) is 15.6 Å². The van der Waals surface area contributed by atoms with Crippen LogP contribution >= 0.6 is 0 Å². The molecule has 1 aromatic carbocycles. The Morgan fingerprint density at radius 2 is 2.13 bits per heavy atom.